The molecule has 1 aromatic heterocycles. The van der Waals surface area contributed by atoms with E-state index in [-0.39, 0.29) is 18.0 Å². The van der Waals surface area contributed by atoms with Crippen molar-refractivity contribution in [3.05, 3.63) is 118 Å². The highest BCUT2D eigenvalue weighted by molar-refractivity contribution is 7.18. The second-order valence-electron chi connectivity index (χ2n) is 9.53. The van der Waals surface area contributed by atoms with Crippen LogP contribution in [0.25, 0.3) is 10.2 Å². The van der Waals surface area contributed by atoms with Crippen molar-refractivity contribution >= 4 is 33.5 Å². The minimum absolute atomic E-state index is 0.0546. The summed E-state index contributed by atoms with van der Waals surface area (Å²) >= 11 is 1.46. The van der Waals surface area contributed by atoms with Crippen LogP contribution in [-0.4, -0.2) is 27.1 Å². The molecule has 4 aromatic rings. The van der Waals surface area contributed by atoms with Gasteiger partial charge in [0.2, 0.25) is 0 Å². The van der Waals surface area contributed by atoms with E-state index in [1.807, 2.05) is 24.3 Å². The maximum Gasteiger partial charge on any atom is 0.331 e. The molecule has 0 fully saturated rings. The fourth-order valence-electron chi connectivity index (χ4n) is 4.86. The highest BCUT2D eigenvalue weighted by Crippen LogP contribution is 2.41. The Hall–Kier alpha value is -4.34. The van der Waals surface area contributed by atoms with Crippen LogP contribution in [0.2, 0.25) is 0 Å². The average Bonchev–Trinajstić information content (AvgIpc) is 3.34. The minimum Gasteiger partial charge on any atom is -0.486 e. The molecule has 0 saturated heterocycles. The Morgan fingerprint density at radius 2 is 1.77 bits per heavy atom. The third kappa shape index (κ3) is 5.52. The summed E-state index contributed by atoms with van der Waals surface area (Å²) in [5.74, 6) is -2.64. The highest BCUT2D eigenvalue weighted by Gasteiger charge is 2.47. The molecule has 2 N–H and O–H groups in total. The highest BCUT2D eigenvalue weighted by atomic mass is 32.1. The lowest BCUT2D eigenvalue weighted by molar-refractivity contribution is -0.143. The lowest BCUT2D eigenvalue weighted by Crippen LogP contribution is -2.43. The molecule has 0 spiro atoms. The van der Waals surface area contributed by atoms with E-state index in [9.17, 15) is 24.2 Å². The number of carboxylic acid groups (broad SMARTS) is 2. The first-order chi connectivity index (χ1) is 19.3. The van der Waals surface area contributed by atoms with Crippen LogP contribution in [0.15, 0.2) is 90.5 Å². The van der Waals surface area contributed by atoms with Crippen molar-refractivity contribution in [2.75, 3.05) is 0 Å². The third-order valence-electron chi connectivity index (χ3n) is 7.01. The van der Waals surface area contributed by atoms with Gasteiger partial charge in [0, 0.05) is 17.6 Å². The van der Waals surface area contributed by atoms with E-state index in [0.717, 1.165) is 20.8 Å². The molecule has 0 amide bonds. The van der Waals surface area contributed by atoms with E-state index < -0.39 is 23.3 Å². The molecular formula is C31H26FNO6S. The smallest absolute Gasteiger partial charge is 0.331 e. The third-order valence-corrected chi connectivity index (χ3v) is 8.02. The molecular weight excluding hydrogens is 533 g/mol. The van der Waals surface area contributed by atoms with Crippen LogP contribution in [-0.2, 0) is 39.6 Å². The van der Waals surface area contributed by atoms with Crippen molar-refractivity contribution in [1.29, 1.82) is 0 Å². The minimum atomic E-state index is -1.47. The van der Waals surface area contributed by atoms with Crippen LogP contribution in [0, 0.1) is 11.7 Å². The Morgan fingerprint density at radius 3 is 2.52 bits per heavy atom. The molecule has 9 heteroatoms. The van der Waals surface area contributed by atoms with E-state index in [1.54, 1.807) is 43.3 Å². The summed E-state index contributed by atoms with van der Waals surface area (Å²) in [7, 11) is 0. The number of nitrogens with zero attached hydrogens (tertiary/aromatic N) is 1. The summed E-state index contributed by atoms with van der Waals surface area (Å²) < 4.78 is 26.1. The van der Waals surface area contributed by atoms with Gasteiger partial charge in [0.1, 0.15) is 28.6 Å². The molecule has 2 unspecified atom stereocenters. The van der Waals surface area contributed by atoms with Gasteiger partial charge < -0.3 is 19.7 Å². The maximum absolute atomic E-state index is 13.4. The van der Waals surface area contributed by atoms with Crippen LogP contribution in [0.4, 0.5) is 4.39 Å². The summed E-state index contributed by atoms with van der Waals surface area (Å²) in [6, 6.07) is 19.1. The van der Waals surface area contributed by atoms with Gasteiger partial charge in [0.15, 0.2) is 0 Å². The SMILES string of the molecule is CC1C(C(=O)O)=CC=CC1(C(=O)O)c1ccc(COCc2cccc(OCc3nc4cc(F)ccc4s3)c2)cc1. The number of benzene rings is 3. The molecule has 204 valence electrons. The van der Waals surface area contributed by atoms with E-state index >= 15 is 0 Å². The topological polar surface area (TPSA) is 106 Å². The quantitative estimate of drug-likeness (QED) is 0.236. The number of carbonyl (C=O) groups is 2. The van der Waals surface area contributed by atoms with Gasteiger partial charge in [0.05, 0.1) is 23.4 Å². The monoisotopic (exact) mass is 559 g/mol. The van der Waals surface area contributed by atoms with Gasteiger partial charge in [-0.25, -0.2) is 14.2 Å². The molecule has 1 aliphatic carbocycles. The summed E-state index contributed by atoms with van der Waals surface area (Å²) in [6.45, 7) is 2.53. The number of carboxylic acids is 2. The van der Waals surface area contributed by atoms with E-state index in [2.05, 4.69) is 4.98 Å². The largest absolute Gasteiger partial charge is 0.486 e. The Morgan fingerprint density at radius 1 is 1.00 bits per heavy atom. The Kier molecular flexibility index (Phi) is 7.77. The van der Waals surface area contributed by atoms with Crippen LogP contribution < -0.4 is 4.74 Å². The Bertz CT molecular complexity index is 1630. The average molecular weight is 560 g/mol. The number of halogens is 1. The molecule has 40 heavy (non-hydrogen) atoms. The van der Waals surface area contributed by atoms with Crippen molar-refractivity contribution in [1.82, 2.24) is 4.98 Å². The molecule has 1 heterocycles. The summed E-state index contributed by atoms with van der Waals surface area (Å²) in [6.07, 6.45) is 4.48. The second-order valence-corrected chi connectivity index (χ2v) is 10.6. The first kappa shape index (κ1) is 27.2. The molecule has 0 aliphatic heterocycles. The number of fused-ring (bicyclic) bond motifs is 1. The van der Waals surface area contributed by atoms with Crippen molar-refractivity contribution in [3.63, 3.8) is 0 Å². The van der Waals surface area contributed by atoms with Gasteiger partial charge in [0.25, 0.3) is 0 Å². The van der Waals surface area contributed by atoms with Gasteiger partial charge in [-0.2, -0.15) is 0 Å². The summed E-state index contributed by atoms with van der Waals surface area (Å²) in [5.41, 5.74) is 1.47. The van der Waals surface area contributed by atoms with E-state index in [4.69, 9.17) is 9.47 Å². The van der Waals surface area contributed by atoms with Crippen LogP contribution in [0.5, 0.6) is 5.75 Å². The van der Waals surface area contributed by atoms with Gasteiger partial charge in [-0.1, -0.05) is 61.5 Å². The number of hydrogen-bond donors (Lipinski definition) is 2. The first-order valence-electron chi connectivity index (χ1n) is 12.6. The molecule has 0 bridgehead atoms. The number of aromatic nitrogens is 1. The number of allylic oxidation sites excluding steroid dienone is 2. The lowest BCUT2D eigenvalue weighted by atomic mass is 9.66. The number of rotatable bonds is 10. The molecule has 5 rings (SSSR count). The van der Waals surface area contributed by atoms with Crippen LogP contribution >= 0.6 is 11.3 Å². The van der Waals surface area contributed by atoms with E-state index in [0.29, 0.717) is 30.0 Å². The number of hydrogen-bond acceptors (Lipinski definition) is 6. The zero-order chi connectivity index (χ0) is 28.3. The zero-order valence-electron chi connectivity index (χ0n) is 21.5. The summed E-state index contributed by atoms with van der Waals surface area (Å²) in [4.78, 5) is 28.4. The predicted molar refractivity (Wildman–Crippen MR) is 149 cm³/mol. The van der Waals surface area contributed by atoms with Crippen LogP contribution in [0.3, 0.4) is 0 Å². The standard InChI is InChI=1S/C31H26FNO6S/c1-19-25(29(34)35)6-3-13-31(19,30(36)37)22-9-7-20(8-10-22)16-38-17-21-4-2-5-24(14-21)39-18-28-33-26-15-23(32)11-12-27(26)40-28/h2-15,19H,16-18H2,1H3,(H,34,35)(H,36,37). The molecule has 1 aliphatic rings. The second kappa shape index (κ2) is 11.4. The number of aliphatic carboxylic acids is 2. The molecule has 2 atom stereocenters. The van der Waals surface area contributed by atoms with Gasteiger partial charge in [-0.05, 0) is 41.0 Å². The molecule has 3 aromatic carbocycles. The Balaban J connectivity index is 1.18. The lowest BCUT2D eigenvalue weighted by Gasteiger charge is -2.35. The zero-order valence-corrected chi connectivity index (χ0v) is 22.4. The molecule has 0 radical (unpaired) electrons. The molecule has 0 saturated carbocycles. The number of ether oxygens (including phenoxy) is 2. The maximum atomic E-state index is 13.4. The van der Waals surface area contributed by atoms with Crippen molar-refractivity contribution in [2.24, 2.45) is 5.92 Å². The summed E-state index contributed by atoms with van der Waals surface area (Å²) in [5, 5.41) is 20.4. The predicted octanol–water partition coefficient (Wildman–Crippen LogP) is 6.27. The van der Waals surface area contributed by atoms with Gasteiger partial charge in [-0.15, -0.1) is 11.3 Å². The number of thiazole rings is 1. The van der Waals surface area contributed by atoms with Gasteiger partial charge in [-0.3, -0.25) is 4.79 Å². The Labute approximate surface area is 233 Å². The first-order valence-corrected chi connectivity index (χ1v) is 13.4. The fourth-order valence-corrected chi connectivity index (χ4v) is 5.72. The fraction of sp³-hybridized carbons (Fsp3) is 0.194. The van der Waals surface area contributed by atoms with Crippen molar-refractivity contribution < 1.29 is 33.7 Å². The van der Waals surface area contributed by atoms with Crippen molar-refractivity contribution in [2.45, 2.75) is 32.2 Å². The van der Waals surface area contributed by atoms with E-state index in [1.165, 1.54) is 35.6 Å². The van der Waals surface area contributed by atoms with Crippen LogP contribution in [0.1, 0.15) is 28.6 Å². The van der Waals surface area contributed by atoms with Gasteiger partial charge >= 0.3 is 11.9 Å². The van der Waals surface area contributed by atoms with Crippen molar-refractivity contribution in [3.8, 4) is 5.75 Å². The molecule has 7 nitrogen and oxygen atoms in total. The normalized spacial score (nSPS) is 18.4.